The number of para-hydroxylation sites is 1. The van der Waals surface area contributed by atoms with E-state index < -0.39 is 18.6 Å². The summed E-state index contributed by atoms with van der Waals surface area (Å²) >= 11 is 0. The average molecular weight is 263 g/mol. The van der Waals surface area contributed by atoms with Gasteiger partial charge in [-0.25, -0.2) is 9.59 Å². The molecule has 100 valence electrons. The molecule has 7 nitrogen and oxygen atoms in total. The number of hydrogen-bond donors (Lipinski definition) is 3. The molecule has 0 aliphatic heterocycles. The number of anilines is 1. The smallest absolute Gasteiger partial charge is 0.329 e. The van der Waals surface area contributed by atoms with Crippen LogP contribution in [0.25, 0.3) is 0 Å². The number of carboxylic acids is 1. The van der Waals surface area contributed by atoms with E-state index in [2.05, 4.69) is 10.6 Å². The van der Waals surface area contributed by atoms with Crippen molar-refractivity contribution in [2.75, 3.05) is 25.1 Å². The maximum Gasteiger partial charge on any atom is 0.329 e. The molecule has 0 aliphatic carbocycles. The minimum atomic E-state index is -1.06. The van der Waals surface area contributed by atoms with Crippen LogP contribution < -0.4 is 10.6 Å². The molecule has 19 heavy (non-hydrogen) atoms. The van der Waals surface area contributed by atoms with Gasteiger partial charge in [0, 0.05) is 6.54 Å². The van der Waals surface area contributed by atoms with Crippen LogP contribution in [-0.2, 0) is 9.53 Å². The number of carbonyl (C=O) groups excluding carboxylic acids is 1. The van der Waals surface area contributed by atoms with Crippen LogP contribution in [0.5, 0.6) is 0 Å². The van der Waals surface area contributed by atoms with Crippen molar-refractivity contribution in [2.24, 2.45) is 0 Å². The van der Waals surface area contributed by atoms with E-state index in [9.17, 15) is 9.59 Å². The van der Waals surface area contributed by atoms with Gasteiger partial charge >= 0.3 is 12.0 Å². The van der Waals surface area contributed by atoms with Gasteiger partial charge in [-0.05, 0) is 12.1 Å². The highest BCUT2D eigenvalue weighted by Gasteiger charge is 2.05. The molecule has 3 N–H and O–H groups in total. The van der Waals surface area contributed by atoms with Gasteiger partial charge in [0.2, 0.25) is 0 Å². The van der Waals surface area contributed by atoms with Crippen molar-refractivity contribution in [1.82, 2.24) is 5.32 Å². The Morgan fingerprint density at radius 1 is 1.37 bits per heavy atom. The number of carbonyl (C=O) groups is 2. The molecule has 0 bridgehead atoms. The lowest BCUT2D eigenvalue weighted by molar-refractivity contribution is -0.142. The van der Waals surface area contributed by atoms with Crippen LogP contribution in [0, 0.1) is 11.3 Å². The fourth-order valence-electron chi connectivity index (χ4n) is 1.25. The Bertz CT molecular complexity index is 496. The number of carboxylic acid groups (broad SMARTS) is 1. The van der Waals surface area contributed by atoms with Crippen molar-refractivity contribution < 1.29 is 19.4 Å². The zero-order chi connectivity index (χ0) is 14.1. The number of hydrogen-bond acceptors (Lipinski definition) is 4. The van der Waals surface area contributed by atoms with Crippen molar-refractivity contribution in [2.45, 2.75) is 0 Å². The molecule has 0 aliphatic rings. The molecule has 0 aromatic heterocycles. The predicted molar refractivity (Wildman–Crippen MR) is 66.6 cm³/mol. The molecule has 1 aromatic rings. The zero-order valence-corrected chi connectivity index (χ0v) is 10.0. The van der Waals surface area contributed by atoms with Crippen LogP contribution in [0.2, 0.25) is 0 Å². The third-order valence-electron chi connectivity index (χ3n) is 2.05. The summed E-state index contributed by atoms with van der Waals surface area (Å²) in [5.41, 5.74) is 0.772. The monoisotopic (exact) mass is 263 g/mol. The van der Waals surface area contributed by atoms with Crippen LogP contribution in [0.4, 0.5) is 10.5 Å². The minimum absolute atomic E-state index is 0.0968. The van der Waals surface area contributed by atoms with Gasteiger partial charge in [0.25, 0.3) is 0 Å². The zero-order valence-electron chi connectivity index (χ0n) is 10.0. The Balaban J connectivity index is 2.32. The van der Waals surface area contributed by atoms with Gasteiger partial charge < -0.3 is 20.5 Å². The third-order valence-corrected chi connectivity index (χ3v) is 2.05. The van der Waals surface area contributed by atoms with E-state index >= 15 is 0 Å². The summed E-state index contributed by atoms with van der Waals surface area (Å²) in [4.78, 5) is 21.6. The Kier molecular flexibility index (Phi) is 5.85. The summed E-state index contributed by atoms with van der Waals surface area (Å²) in [5, 5.41) is 22.1. The largest absolute Gasteiger partial charge is 0.480 e. The molecule has 0 spiro atoms. The molecule has 7 heteroatoms. The van der Waals surface area contributed by atoms with Gasteiger partial charge in [0.05, 0.1) is 17.9 Å². The summed E-state index contributed by atoms with van der Waals surface area (Å²) in [6.07, 6.45) is 0. The highest BCUT2D eigenvalue weighted by Crippen LogP contribution is 2.12. The average Bonchev–Trinajstić information content (AvgIpc) is 2.38. The number of urea groups is 1. The van der Waals surface area contributed by atoms with Gasteiger partial charge in [-0.2, -0.15) is 5.26 Å². The van der Waals surface area contributed by atoms with E-state index in [0.717, 1.165) is 0 Å². The van der Waals surface area contributed by atoms with E-state index in [1.807, 2.05) is 6.07 Å². The quantitative estimate of drug-likeness (QED) is 0.657. The van der Waals surface area contributed by atoms with E-state index in [1.54, 1.807) is 24.3 Å². The van der Waals surface area contributed by atoms with Crippen LogP contribution in [0.15, 0.2) is 24.3 Å². The summed E-state index contributed by atoms with van der Waals surface area (Å²) in [5.74, 6) is -1.06. The van der Waals surface area contributed by atoms with E-state index in [4.69, 9.17) is 15.1 Å². The van der Waals surface area contributed by atoms with Crippen molar-refractivity contribution in [3.63, 3.8) is 0 Å². The Labute approximate surface area is 109 Å². The molecule has 0 fully saturated rings. The van der Waals surface area contributed by atoms with Gasteiger partial charge in [-0.1, -0.05) is 12.1 Å². The Hall–Kier alpha value is -2.59. The number of nitriles is 1. The first-order valence-corrected chi connectivity index (χ1v) is 5.47. The molecule has 0 saturated carbocycles. The van der Waals surface area contributed by atoms with Crippen molar-refractivity contribution in [3.8, 4) is 6.07 Å². The second-order valence-electron chi connectivity index (χ2n) is 3.48. The Morgan fingerprint density at radius 2 is 2.11 bits per heavy atom. The Morgan fingerprint density at radius 3 is 2.79 bits per heavy atom. The van der Waals surface area contributed by atoms with Gasteiger partial charge in [0.15, 0.2) is 0 Å². The molecular weight excluding hydrogens is 250 g/mol. The lowest BCUT2D eigenvalue weighted by atomic mass is 10.2. The van der Waals surface area contributed by atoms with Crippen LogP contribution >= 0.6 is 0 Å². The maximum atomic E-state index is 11.5. The first kappa shape index (κ1) is 14.5. The molecule has 0 heterocycles. The van der Waals surface area contributed by atoms with Gasteiger partial charge in [-0.15, -0.1) is 0 Å². The number of nitrogens with one attached hydrogen (secondary N) is 2. The summed E-state index contributed by atoms with van der Waals surface area (Å²) in [6, 6.07) is 8.07. The highest BCUT2D eigenvalue weighted by atomic mass is 16.5. The number of aliphatic carboxylic acids is 1. The lowest BCUT2D eigenvalue weighted by Gasteiger charge is -2.08. The van der Waals surface area contributed by atoms with Crippen molar-refractivity contribution >= 4 is 17.7 Å². The lowest BCUT2D eigenvalue weighted by Crippen LogP contribution is -2.32. The molecule has 1 rings (SSSR count). The standard InChI is InChI=1S/C12H13N3O4/c13-7-9-3-1-2-4-10(9)15-12(18)14-5-6-19-8-11(16)17/h1-4H,5-6,8H2,(H,16,17)(H2,14,15,18). The number of nitrogens with zero attached hydrogens (tertiary/aromatic N) is 1. The number of rotatable bonds is 6. The molecular formula is C12H13N3O4. The molecule has 0 radical (unpaired) electrons. The minimum Gasteiger partial charge on any atom is -0.480 e. The molecule has 1 aromatic carbocycles. The van der Waals surface area contributed by atoms with Gasteiger partial charge in [0.1, 0.15) is 12.7 Å². The predicted octanol–water partition coefficient (Wildman–Crippen LogP) is 0.781. The summed E-state index contributed by atoms with van der Waals surface area (Å²) in [6.45, 7) is -0.131. The third kappa shape index (κ3) is 5.52. The SMILES string of the molecule is N#Cc1ccccc1NC(=O)NCCOCC(=O)O. The second kappa shape index (κ2) is 7.68. The number of amides is 2. The fraction of sp³-hybridized carbons (Fsp3) is 0.250. The van der Waals surface area contributed by atoms with E-state index in [1.165, 1.54) is 0 Å². The normalized spacial score (nSPS) is 9.42. The molecule has 2 amide bonds. The first-order chi connectivity index (χ1) is 9.13. The summed E-state index contributed by atoms with van der Waals surface area (Å²) < 4.78 is 4.75. The van der Waals surface area contributed by atoms with Gasteiger partial charge in [-0.3, -0.25) is 0 Å². The van der Waals surface area contributed by atoms with Crippen LogP contribution in [0.3, 0.4) is 0 Å². The number of ether oxygens (including phenoxy) is 1. The van der Waals surface area contributed by atoms with Crippen molar-refractivity contribution in [3.05, 3.63) is 29.8 Å². The van der Waals surface area contributed by atoms with E-state index in [0.29, 0.717) is 11.3 Å². The maximum absolute atomic E-state index is 11.5. The highest BCUT2D eigenvalue weighted by molar-refractivity contribution is 5.90. The molecule has 0 unspecified atom stereocenters. The second-order valence-corrected chi connectivity index (χ2v) is 3.48. The van der Waals surface area contributed by atoms with E-state index in [-0.39, 0.29) is 13.2 Å². The molecule has 0 atom stereocenters. The first-order valence-electron chi connectivity index (χ1n) is 5.47. The van der Waals surface area contributed by atoms with Crippen LogP contribution in [-0.4, -0.2) is 36.9 Å². The van der Waals surface area contributed by atoms with Crippen LogP contribution in [0.1, 0.15) is 5.56 Å². The number of benzene rings is 1. The summed E-state index contributed by atoms with van der Waals surface area (Å²) in [7, 11) is 0. The fourth-order valence-corrected chi connectivity index (χ4v) is 1.25. The molecule has 0 saturated heterocycles. The topological polar surface area (TPSA) is 111 Å². The van der Waals surface area contributed by atoms with Crippen molar-refractivity contribution in [1.29, 1.82) is 5.26 Å².